The van der Waals surface area contributed by atoms with Crippen LogP contribution < -0.4 is 0 Å². The van der Waals surface area contributed by atoms with Crippen LogP contribution in [0.3, 0.4) is 0 Å². The summed E-state index contributed by atoms with van der Waals surface area (Å²) in [4.78, 5) is 0. The highest BCUT2D eigenvalue weighted by Crippen LogP contribution is 2.59. The number of ether oxygens (including phenoxy) is 1. The van der Waals surface area contributed by atoms with Gasteiger partial charge in [-0.25, -0.2) is 0 Å². The lowest BCUT2D eigenvalue weighted by Gasteiger charge is -2.14. The fraction of sp³-hybridized carbons (Fsp3) is 0.467. The minimum Gasteiger partial charge on any atom is -0.505 e. The Morgan fingerprint density at radius 2 is 2.06 bits per heavy atom. The lowest BCUT2D eigenvalue weighted by molar-refractivity contribution is 0.332. The molecule has 0 radical (unpaired) electrons. The van der Waals surface area contributed by atoms with Crippen LogP contribution >= 0.6 is 0 Å². The molecule has 0 saturated heterocycles. The molecule has 2 rings (SSSR count). The Labute approximate surface area is 98.1 Å². The molecule has 3 atom stereocenters. The molecule has 0 unspecified atom stereocenters. The second kappa shape index (κ2) is 4.32. The van der Waals surface area contributed by atoms with Gasteiger partial charge in [-0.2, -0.15) is 0 Å². The van der Waals surface area contributed by atoms with Gasteiger partial charge in [0.2, 0.25) is 0 Å². The van der Waals surface area contributed by atoms with Crippen LogP contribution in [0.5, 0.6) is 0 Å². The first-order valence-electron chi connectivity index (χ1n) is 5.93. The van der Waals surface area contributed by atoms with E-state index < -0.39 is 0 Å². The van der Waals surface area contributed by atoms with Gasteiger partial charge in [0.05, 0.1) is 13.4 Å². The van der Waals surface area contributed by atoms with Crippen LogP contribution in [0, 0.1) is 11.3 Å². The maximum absolute atomic E-state index is 5.01. The Hall–Kier alpha value is -1.24. The summed E-state index contributed by atoms with van der Waals surface area (Å²) in [5, 5.41) is 0. The average molecular weight is 216 g/mol. The Morgan fingerprint density at radius 1 is 1.38 bits per heavy atom. The molecule has 1 aromatic rings. The van der Waals surface area contributed by atoms with Crippen molar-refractivity contribution < 1.29 is 4.74 Å². The third-order valence-corrected chi connectivity index (χ3v) is 3.86. The first kappa shape index (κ1) is 11.3. The maximum atomic E-state index is 5.01. The highest BCUT2D eigenvalue weighted by Gasteiger charge is 2.50. The van der Waals surface area contributed by atoms with Gasteiger partial charge in [-0.05, 0) is 35.3 Å². The summed E-state index contributed by atoms with van der Waals surface area (Å²) in [7, 11) is 1.71. The second-order valence-corrected chi connectivity index (χ2v) is 5.05. The third kappa shape index (κ3) is 2.13. The number of allylic oxidation sites excluding steroid dienone is 1. The van der Waals surface area contributed by atoms with Gasteiger partial charge >= 0.3 is 0 Å². The van der Waals surface area contributed by atoms with Crippen molar-refractivity contribution in [2.75, 3.05) is 7.11 Å². The van der Waals surface area contributed by atoms with Crippen molar-refractivity contribution in [3.63, 3.8) is 0 Å². The predicted octanol–water partition coefficient (Wildman–Crippen LogP) is 3.98. The van der Waals surface area contributed by atoms with Gasteiger partial charge in [0.1, 0.15) is 0 Å². The number of hydrogen-bond donors (Lipinski definition) is 0. The topological polar surface area (TPSA) is 9.23 Å². The van der Waals surface area contributed by atoms with E-state index in [1.807, 2.05) is 6.26 Å². The Kier molecular flexibility index (Phi) is 3.04. The van der Waals surface area contributed by atoms with Crippen LogP contribution in [0.25, 0.3) is 0 Å². The van der Waals surface area contributed by atoms with Crippen LogP contribution in [0.15, 0.2) is 42.7 Å². The van der Waals surface area contributed by atoms with Gasteiger partial charge in [0.15, 0.2) is 0 Å². The van der Waals surface area contributed by atoms with E-state index >= 15 is 0 Å². The minimum absolute atomic E-state index is 0.339. The molecule has 0 N–H and O–H groups in total. The van der Waals surface area contributed by atoms with Gasteiger partial charge in [-0.15, -0.1) is 0 Å². The molecule has 0 aromatic heterocycles. The first-order chi connectivity index (χ1) is 7.67. The minimum atomic E-state index is 0.339. The van der Waals surface area contributed by atoms with Crippen molar-refractivity contribution in [1.29, 1.82) is 0 Å². The van der Waals surface area contributed by atoms with Crippen LogP contribution in [-0.2, 0) is 4.74 Å². The van der Waals surface area contributed by atoms with Gasteiger partial charge in [-0.3, -0.25) is 0 Å². The van der Waals surface area contributed by atoms with E-state index in [-0.39, 0.29) is 0 Å². The second-order valence-electron chi connectivity index (χ2n) is 5.05. The molecule has 16 heavy (non-hydrogen) atoms. The lowest BCUT2D eigenvalue weighted by Crippen LogP contribution is -2.02. The molecule has 1 aliphatic carbocycles. The summed E-state index contributed by atoms with van der Waals surface area (Å²) in [6.45, 7) is 4.64. The van der Waals surface area contributed by atoms with Crippen molar-refractivity contribution in [1.82, 2.24) is 0 Å². The van der Waals surface area contributed by atoms with Crippen LogP contribution in [0.1, 0.15) is 31.7 Å². The standard InChI is InChI=1S/C15H20O/c1-12(13-7-5-4-6-8-13)14-11-15(14,2)9-10-16-3/h4-10,12,14H,11H2,1-3H3/t12-,14-,15+/m0/s1. The monoisotopic (exact) mass is 216 g/mol. The predicted molar refractivity (Wildman–Crippen MR) is 67.2 cm³/mol. The Balaban J connectivity index is 2.04. The van der Waals surface area contributed by atoms with Gasteiger partial charge in [-0.1, -0.05) is 44.2 Å². The molecule has 1 aliphatic rings. The Morgan fingerprint density at radius 3 is 2.69 bits per heavy atom. The number of hydrogen-bond acceptors (Lipinski definition) is 1. The maximum Gasteiger partial charge on any atom is 0.0790 e. The van der Waals surface area contributed by atoms with Gasteiger partial charge < -0.3 is 4.74 Å². The zero-order valence-electron chi connectivity index (χ0n) is 10.3. The van der Waals surface area contributed by atoms with E-state index in [0.717, 1.165) is 5.92 Å². The number of benzene rings is 1. The molecule has 0 bridgehead atoms. The molecule has 0 aliphatic heterocycles. The van der Waals surface area contributed by atoms with E-state index in [0.29, 0.717) is 11.3 Å². The van der Waals surface area contributed by atoms with Crippen LogP contribution in [-0.4, -0.2) is 7.11 Å². The number of methoxy groups -OCH3 is 1. The molecule has 0 heterocycles. The van der Waals surface area contributed by atoms with Crippen molar-refractivity contribution in [3.8, 4) is 0 Å². The first-order valence-corrected chi connectivity index (χ1v) is 5.93. The SMILES string of the molecule is COC=C[C@]1(C)C[C@H]1[C@@H](C)c1ccccc1. The van der Waals surface area contributed by atoms with Crippen molar-refractivity contribution in [3.05, 3.63) is 48.2 Å². The van der Waals surface area contributed by atoms with Crippen molar-refractivity contribution in [2.45, 2.75) is 26.2 Å². The zero-order chi connectivity index (χ0) is 11.6. The molecule has 86 valence electrons. The summed E-state index contributed by atoms with van der Waals surface area (Å²) >= 11 is 0. The fourth-order valence-corrected chi connectivity index (χ4v) is 2.57. The lowest BCUT2D eigenvalue weighted by atomic mass is 9.91. The average Bonchev–Trinajstić information content (AvgIpc) is 3.00. The molecule has 1 aromatic carbocycles. The van der Waals surface area contributed by atoms with Gasteiger partial charge in [0, 0.05) is 0 Å². The van der Waals surface area contributed by atoms with E-state index in [9.17, 15) is 0 Å². The summed E-state index contributed by atoms with van der Waals surface area (Å²) < 4.78 is 5.01. The molecular formula is C15H20O. The van der Waals surface area contributed by atoms with Gasteiger partial charge in [0.25, 0.3) is 0 Å². The molecule has 1 saturated carbocycles. The molecule has 1 heteroatoms. The van der Waals surface area contributed by atoms with E-state index in [1.54, 1.807) is 7.11 Å². The van der Waals surface area contributed by atoms with E-state index in [2.05, 4.69) is 50.3 Å². The summed E-state index contributed by atoms with van der Waals surface area (Å²) in [6, 6.07) is 10.8. The number of rotatable bonds is 4. The zero-order valence-corrected chi connectivity index (χ0v) is 10.3. The molecular weight excluding hydrogens is 196 g/mol. The van der Waals surface area contributed by atoms with E-state index in [4.69, 9.17) is 4.74 Å². The van der Waals surface area contributed by atoms with Crippen molar-refractivity contribution >= 4 is 0 Å². The summed E-state index contributed by atoms with van der Waals surface area (Å²) in [6.07, 6.45) is 5.29. The quantitative estimate of drug-likeness (QED) is 0.692. The third-order valence-electron chi connectivity index (χ3n) is 3.86. The van der Waals surface area contributed by atoms with Crippen LogP contribution in [0.2, 0.25) is 0 Å². The summed E-state index contributed by atoms with van der Waals surface area (Å²) in [5.74, 6) is 1.38. The molecule has 1 nitrogen and oxygen atoms in total. The van der Waals surface area contributed by atoms with Crippen molar-refractivity contribution in [2.24, 2.45) is 11.3 Å². The largest absolute Gasteiger partial charge is 0.505 e. The molecule has 1 fully saturated rings. The molecule has 0 amide bonds. The Bertz CT molecular complexity index is 368. The highest BCUT2D eigenvalue weighted by molar-refractivity contribution is 5.25. The summed E-state index contributed by atoms with van der Waals surface area (Å²) in [5.41, 5.74) is 1.78. The van der Waals surface area contributed by atoms with E-state index in [1.165, 1.54) is 12.0 Å². The fourth-order valence-electron chi connectivity index (χ4n) is 2.57. The smallest absolute Gasteiger partial charge is 0.0790 e. The highest BCUT2D eigenvalue weighted by atomic mass is 16.5. The molecule has 0 spiro atoms. The normalized spacial score (nSPS) is 30.3. The van der Waals surface area contributed by atoms with Crippen LogP contribution in [0.4, 0.5) is 0 Å².